The minimum atomic E-state index is -6.00. The van der Waals surface area contributed by atoms with Crippen LogP contribution in [-0.4, -0.2) is 138 Å². The average Bonchev–Trinajstić information content (AvgIpc) is 2.52. The van der Waals surface area contributed by atoms with Crippen LogP contribution in [0, 0.1) is 0 Å². The molecule has 0 radical (unpaired) electrons. The van der Waals surface area contributed by atoms with Gasteiger partial charge >= 0.3 is 26.4 Å². The highest BCUT2D eigenvalue weighted by Crippen LogP contribution is 2.07. The fourth-order valence-electron chi connectivity index (χ4n) is 2.97. The van der Waals surface area contributed by atoms with Gasteiger partial charge in [0.25, 0.3) is 0 Å². The first-order valence-electron chi connectivity index (χ1n) is 9.84. The molecule has 194 valence electrons. The summed E-state index contributed by atoms with van der Waals surface area (Å²) in [4.78, 5) is 9.21. The Morgan fingerprint density at radius 3 is 0.844 bits per heavy atom. The number of nitrogens with zero attached hydrogens (tertiary/aromatic N) is 6. The summed E-state index contributed by atoms with van der Waals surface area (Å²) in [6.07, 6.45) is 0. The van der Waals surface area contributed by atoms with Crippen LogP contribution in [0.4, 0.5) is 34.5 Å². The van der Waals surface area contributed by atoms with E-state index < -0.39 is 14.5 Å². The van der Waals surface area contributed by atoms with Gasteiger partial charge in [0.2, 0.25) is 0 Å². The van der Waals surface area contributed by atoms with Gasteiger partial charge in [-0.2, -0.15) is 0 Å². The SMILES string of the molecule is CCN(CCN(CC)C(N(C)C)=[N+](C)C)C(N(C)C)=[N+](C)C.F[B-](F)(F)F.F[B-](F)(F)F. The Labute approximate surface area is 187 Å². The zero-order valence-corrected chi connectivity index (χ0v) is 20.7. The molecule has 0 aliphatic heterocycles. The maximum atomic E-state index is 9.75. The smallest absolute Gasteiger partial charge is 0.418 e. The third-order valence-corrected chi connectivity index (χ3v) is 3.57. The summed E-state index contributed by atoms with van der Waals surface area (Å²) in [5.41, 5.74) is 0. The van der Waals surface area contributed by atoms with E-state index in [4.69, 9.17) is 0 Å². The summed E-state index contributed by atoms with van der Waals surface area (Å²) >= 11 is 0. The highest BCUT2D eigenvalue weighted by atomic mass is 19.5. The van der Waals surface area contributed by atoms with E-state index in [9.17, 15) is 34.5 Å². The van der Waals surface area contributed by atoms with Crippen LogP contribution in [0.5, 0.6) is 0 Å². The third kappa shape index (κ3) is 21.3. The first-order valence-corrected chi connectivity index (χ1v) is 9.84. The molecule has 0 bridgehead atoms. The quantitative estimate of drug-likeness (QED) is 0.195. The summed E-state index contributed by atoms with van der Waals surface area (Å²) in [5, 5.41) is 0. The Balaban J connectivity index is -0.000000695. The molecule has 0 atom stereocenters. The number of halogens is 8. The van der Waals surface area contributed by atoms with Crippen LogP contribution in [0.3, 0.4) is 0 Å². The van der Waals surface area contributed by atoms with Gasteiger partial charge in [-0.1, -0.05) is 0 Å². The molecular weight excluding hydrogens is 450 g/mol. The molecule has 0 rings (SSSR count). The van der Waals surface area contributed by atoms with E-state index in [1.54, 1.807) is 0 Å². The Bertz CT molecular complexity index is 510. The number of hydrogen-bond acceptors (Lipinski definition) is 0. The second kappa shape index (κ2) is 15.8. The molecule has 0 aliphatic carbocycles. The molecule has 0 amide bonds. The molecular formula is C16H38B2F8N6. The van der Waals surface area contributed by atoms with Crippen molar-refractivity contribution in [3.8, 4) is 0 Å². The van der Waals surface area contributed by atoms with E-state index in [1.165, 1.54) is 11.9 Å². The zero-order chi connectivity index (χ0) is 26.4. The van der Waals surface area contributed by atoms with Crippen molar-refractivity contribution in [3.63, 3.8) is 0 Å². The predicted molar refractivity (Wildman–Crippen MR) is 116 cm³/mol. The lowest BCUT2D eigenvalue weighted by atomic mass is 10.3. The molecule has 0 fully saturated rings. The van der Waals surface area contributed by atoms with E-state index in [1.807, 2.05) is 0 Å². The van der Waals surface area contributed by atoms with E-state index in [0.717, 1.165) is 26.2 Å². The van der Waals surface area contributed by atoms with Crippen molar-refractivity contribution < 1.29 is 43.7 Å². The maximum absolute atomic E-state index is 9.75. The number of guanidine groups is 2. The van der Waals surface area contributed by atoms with Crippen molar-refractivity contribution >= 4 is 26.4 Å². The molecule has 0 aromatic rings. The largest absolute Gasteiger partial charge is 0.673 e. The van der Waals surface area contributed by atoms with Gasteiger partial charge in [0.15, 0.2) is 0 Å². The Morgan fingerprint density at radius 2 is 0.750 bits per heavy atom. The second-order valence-electron chi connectivity index (χ2n) is 7.33. The van der Waals surface area contributed by atoms with Crippen LogP contribution < -0.4 is 0 Å². The van der Waals surface area contributed by atoms with Crippen molar-refractivity contribution in [2.75, 3.05) is 82.6 Å². The molecule has 0 spiro atoms. The highest BCUT2D eigenvalue weighted by Gasteiger charge is 2.26. The fraction of sp³-hybridized carbons (Fsp3) is 0.875. The van der Waals surface area contributed by atoms with Crippen molar-refractivity contribution in [2.45, 2.75) is 13.8 Å². The van der Waals surface area contributed by atoms with Crippen LogP contribution >= 0.6 is 0 Å². The molecule has 0 aliphatic rings. The average molecular weight is 488 g/mol. The Morgan fingerprint density at radius 1 is 0.562 bits per heavy atom. The lowest BCUT2D eigenvalue weighted by molar-refractivity contribution is -0.476. The van der Waals surface area contributed by atoms with Crippen LogP contribution in [0.25, 0.3) is 0 Å². The molecule has 0 heterocycles. The van der Waals surface area contributed by atoms with Gasteiger partial charge in [-0.15, -0.1) is 0 Å². The molecule has 6 nitrogen and oxygen atoms in total. The molecule has 0 saturated carbocycles. The topological polar surface area (TPSA) is 19.0 Å². The van der Waals surface area contributed by atoms with Crippen molar-refractivity contribution in [3.05, 3.63) is 0 Å². The lowest BCUT2D eigenvalue weighted by Gasteiger charge is -2.27. The number of likely N-dealkylation sites (N-methyl/N-ethyl adjacent to an activating group) is 2. The molecule has 0 N–H and O–H groups in total. The summed E-state index contributed by atoms with van der Waals surface area (Å²) < 4.78 is 82.4. The fourth-order valence-corrected chi connectivity index (χ4v) is 2.97. The van der Waals surface area contributed by atoms with Crippen molar-refractivity contribution in [2.24, 2.45) is 0 Å². The maximum Gasteiger partial charge on any atom is 0.673 e. The van der Waals surface area contributed by atoms with E-state index in [0.29, 0.717) is 0 Å². The number of rotatable bonds is 5. The zero-order valence-electron chi connectivity index (χ0n) is 20.7. The molecule has 0 aromatic carbocycles. The second-order valence-corrected chi connectivity index (χ2v) is 7.33. The minimum absolute atomic E-state index is 1.00. The standard InChI is InChI=1S/C16H38N6.2BF4/c1-11-21(15(17(3)4)18(5)6)13-14-22(12-2)16(19(7)8)20(9)10;2*2-1(3,4)5/h11-14H2,1-10H3;;/q+2;2*-1. The van der Waals surface area contributed by atoms with Crippen LogP contribution in [-0.2, 0) is 0 Å². The molecule has 0 saturated heterocycles. The van der Waals surface area contributed by atoms with E-state index in [-0.39, 0.29) is 0 Å². The first kappa shape index (κ1) is 34.7. The Hall–Kier alpha value is -1.89. The monoisotopic (exact) mass is 488 g/mol. The first-order chi connectivity index (χ1) is 14.2. The van der Waals surface area contributed by atoms with Gasteiger partial charge in [0.05, 0.1) is 82.6 Å². The summed E-state index contributed by atoms with van der Waals surface area (Å²) in [6, 6.07) is 0. The lowest BCUT2D eigenvalue weighted by Crippen LogP contribution is -2.51. The summed E-state index contributed by atoms with van der Waals surface area (Å²) in [5.74, 6) is 2.49. The normalized spacial score (nSPS) is 10.7. The summed E-state index contributed by atoms with van der Waals surface area (Å²) in [6.45, 7) is 8.44. The minimum Gasteiger partial charge on any atom is -0.418 e. The van der Waals surface area contributed by atoms with Crippen LogP contribution in [0.1, 0.15) is 13.8 Å². The van der Waals surface area contributed by atoms with Gasteiger partial charge in [-0.05, 0) is 13.8 Å². The van der Waals surface area contributed by atoms with Gasteiger partial charge < -0.3 is 34.5 Å². The molecule has 32 heavy (non-hydrogen) atoms. The van der Waals surface area contributed by atoms with Crippen molar-refractivity contribution in [1.82, 2.24) is 19.6 Å². The van der Waals surface area contributed by atoms with Crippen LogP contribution in [0.2, 0.25) is 0 Å². The highest BCUT2D eigenvalue weighted by molar-refractivity contribution is 6.50. The van der Waals surface area contributed by atoms with Gasteiger partial charge in [0, 0.05) is 0 Å². The van der Waals surface area contributed by atoms with Gasteiger partial charge in [-0.3, -0.25) is 28.8 Å². The number of hydrogen-bond donors (Lipinski definition) is 0. The van der Waals surface area contributed by atoms with Crippen molar-refractivity contribution in [1.29, 1.82) is 0 Å². The van der Waals surface area contributed by atoms with Crippen LogP contribution in [0.15, 0.2) is 0 Å². The molecule has 0 unspecified atom stereocenters. The molecule has 0 aromatic heterocycles. The van der Waals surface area contributed by atoms with E-state index >= 15 is 0 Å². The van der Waals surface area contributed by atoms with E-state index in [2.05, 4.69) is 99.0 Å². The summed E-state index contributed by atoms with van der Waals surface area (Å²) in [7, 11) is 4.83. The third-order valence-electron chi connectivity index (χ3n) is 3.57. The van der Waals surface area contributed by atoms with Gasteiger partial charge in [-0.25, -0.2) is 0 Å². The predicted octanol–water partition coefficient (Wildman–Crippen LogP) is 2.61. The molecule has 16 heteroatoms. The van der Waals surface area contributed by atoms with Gasteiger partial charge in [0.1, 0.15) is 0 Å². The Kier molecular flexibility index (Phi) is 17.2.